The highest BCUT2D eigenvalue weighted by Gasteiger charge is 2.41. The van der Waals surface area contributed by atoms with Crippen molar-refractivity contribution >= 4 is 0 Å². The lowest BCUT2D eigenvalue weighted by Gasteiger charge is -2.40. The molecule has 4 aliphatic rings. The van der Waals surface area contributed by atoms with E-state index >= 15 is 0 Å². The normalized spacial score (nSPS) is 35.0. The number of aliphatic hydroxyl groups is 2. The molecule has 0 aromatic carbocycles. The molecule has 0 saturated heterocycles. The molecule has 4 rings (SSSR count). The summed E-state index contributed by atoms with van der Waals surface area (Å²) in [6, 6.07) is 0. The summed E-state index contributed by atoms with van der Waals surface area (Å²) in [5.41, 5.74) is -1.31. The molecule has 46 heavy (non-hydrogen) atoms. The average molecular weight is 643 g/mol. The fraction of sp³-hybridized carbons (Fsp3) is 0.900. The van der Waals surface area contributed by atoms with Crippen LogP contribution in [0.25, 0.3) is 0 Å². The van der Waals surface area contributed by atoms with Gasteiger partial charge < -0.3 is 10.2 Å². The topological polar surface area (TPSA) is 77.4 Å². The largest absolute Gasteiger partial charge is 0.396 e. The van der Waals surface area contributed by atoms with Gasteiger partial charge in [0.15, 0.2) is 11.2 Å². The van der Waals surface area contributed by atoms with Gasteiger partial charge in [0, 0.05) is 13.2 Å². The lowest BCUT2D eigenvalue weighted by molar-refractivity contribution is -0.353. The second-order valence-corrected chi connectivity index (χ2v) is 15.3. The van der Waals surface area contributed by atoms with Crippen LogP contribution in [0.2, 0.25) is 0 Å². The van der Waals surface area contributed by atoms with Gasteiger partial charge >= 0.3 is 0 Å². The Kier molecular flexibility index (Phi) is 16.7. The molecule has 0 aromatic heterocycles. The summed E-state index contributed by atoms with van der Waals surface area (Å²) < 4.78 is 0. The number of hydrogen-bond acceptors (Lipinski definition) is 6. The first-order valence-corrected chi connectivity index (χ1v) is 19.4. The molecule has 0 aliphatic heterocycles. The molecule has 0 spiro atoms. The Morgan fingerprint density at radius 3 is 1.20 bits per heavy atom. The maximum absolute atomic E-state index is 9.22. The van der Waals surface area contributed by atoms with Gasteiger partial charge in [0.05, 0.1) is 13.2 Å². The first-order valence-electron chi connectivity index (χ1n) is 19.4. The van der Waals surface area contributed by atoms with E-state index in [-0.39, 0.29) is 13.2 Å². The predicted octanol–water partition coefficient (Wildman–Crippen LogP) is 8.73. The van der Waals surface area contributed by atoms with Gasteiger partial charge in [-0.1, -0.05) is 77.1 Å². The smallest absolute Gasteiger partial charge is 0.164 e. The third kappa shape index (κ3) is 11.8. The summed E-state index contributed by atoms with van der Waals surface area (Å²) >= 11 is 0. The molecule has 0 bridgehead atoms. The van der Waals surface area contributed by atoms with E-state index in [1.807, 2.05) is 0 Å². The number of rotatable bonds is 16. The second-order valence-electron chi connectivity index (χ2n) is 15.3. The van der Waals surface area contributed by atoms with Crippen LogP contribution >= 0.6 is 0 Å². The molecule has 0 radical (unpaired) electrons. The third-order valence-corrected chi connectivity index (χ3v) is 12.0. The fourth-order valence-corrected chi connectivity index (χ4v) is 9.17. The van der Waals surface area contributed by atoms with E-state index in [1.165, 1.54) is 77.0 Å². The van der Waals surface area contributed by atoms with Crippen LogP contribution in [0.5, 0.6) is 0 Å². The molecule has 6 nitrogen and oxygen atoms in total. The van der Waals surface area contributed by atoms with Gasteiger partial charge in [0.1, 0.15) is 0 Å². The Bertz CT molecular complexity index is 864. The monoisotopic (exact) mass is 642 g/mol. The van der Waals surface area contributed by atoms with Crippen molar-refractivity contribution in [3.63, 3.8) is 0 Å². The zero-order chi connectivity index (χ0) is 32.5. The summed E-state index contributed by atoms with van der Waals surface area (Å²) in [6.07, 6.45) is 25.4. The zero-order valence-electron chi connectivity index (χ0n) is 29.4. The molecular weight excluding hydrogens is 576 g/mol. The maximum Gasteiger partial charge on any atom is 0.164 e. The molecule has 0 heterocycles. The van der Waals surface area contributed by atoms with Crippen molar-refractivity contribution in [2.45, 2.75) is 166 Å². The molecule has 0 amide bonds. The van der Waals surface area contributed by atoms with Crippen LogP contribution in [-0.4, -0.2) is 47.8 Å². The van der Waals surface area contributed by atoms with Gasteiger partial charge in [-0.2, -0.15) is 0 Å². The van der Waals surface area contributed by atoms with E-state index in [2.05, 4.69) is 37.5 Å². The minimum Gasteiger partial charge on any atom is -0.396 e. The highest BCUT2D eigenvalue weighted by molar-refractivity contribution is 5.33. The van der Waals surface area contributed by atoms with Gasteiger partial charge in [-0.3, -0.25) is 0 Å². The van der Waals surface area contributed by atoms with E-state index in [0.717, 1.165) is 86.9 Å². The van der Waals surface area contributed by atoms with Crippen molar-refractivity contribution < 1.29 is 29.8 Å². The van der Waals surface area contributed by atoms with Crippen LogP contribution in [0.4, 0.5) is 0 Å². The fourth-order valence-electron chi connectivity index (χ4n) is 9.17. The summed E-state index contributed by atoms with van der Waals surface area (Å²) in [5, 5.41) is 18.4. The standard InChI is InChI=1S/C40H66O6/c1-3-9-33-11-15-35(16-12-33)37-19-25-39(26-20-37,45-43-31-7-29-41)23-5-6-24-40(46-44-32-8-30-42)27-21-38(22-28-40)36-17-13-34(10-4-2)14-18-36/h33-38,41-42H,3-4,7-22,25-32H2,1-2H3. The second kappa shape index (κ2) is 20.4. The molecule has 0 unspecified atom stereocenters. The van der Waals surface area contributed by atoms with Crippen LogP contribution in [0.3, 0.4) is 0 Å². The van der Waals surface area contributed by atoms with Gasteiger partial charge in [-0.15, -0.1) is 0 Å². The van der Waals surface area contributed by atoms with Crippen molar-refractivity contribution in [3.8, 4) is 23.7 Å². The zero-order valence-corrected chi connectivity index (χ0v) is 29.4. The van der Waals surface area contributed by atoms with Crippen molar-refractivity contribution in [3.05, 3.63) is 0 Å². The maximum atomic E-state index is 9.22. The van der Waals surface area contributed by atoms with E-state index in [1.54, 1.807) is 0 Å². The minimum absolute atomic E-state index is 0.0831. The van der Waals surface area contributed by atoms with E-state index in [4.69, 9.17) is 19.6 Å². The third-order valence-electron chi connectivity index (χ3n) is 12.0. The van der Waals surface area contributed by atoms with E-state index in [9.17, 15) is 10.2 Å². The Balaban J connectivity index is 1.37. The van der Waals surface area contributed by atoms with Crippen molar-refractivity contribution in [1.29, 1.82) is 0 Å². The summed E-state index contributed by atoms with van der Waals surface area (Å²) in [5.74, 6) is 18.2. The van der Waals surface area contributed by atoms with Crippen LogP contribution in [0.15, 0.2) is 0 Å². The summed E-state index contributed by atoms with van der Waals surface area (Å²) in [4.78, 5) is 23.3. The molecular formula is C40H66O6. The Morgan fingerprint density at radius 2 is 0.870 bits per heavy atom. The van der Waals surface area contributed by atoms with Crippen LogP contribution < -0.4 is 0 Å². The SMILES string of the molecule is CCCC1CCC(C2CCC(C#CC#CC3(OOCCCO)CCC(C4CCC(CCC)CC4)CC3)(OOCCCO)CC2)CC1. The predicted molar refractivity (Wildman–Crippen MR) is 183 cm³/mol. The summed E-state index contributed by atoms with van der Waals surface area (Å²) in [6.45, 7) is 5.51. The van der Waals surface area contributed by atoms with Crippen molar-refractivity contribution in [1.82, 2.24) is 0 Å². The van der Waals surface area contributed by atoms with Gasteiger partial charge in [0.2, 0.25) is 0 Å². The van der Waals surface area contributed by atoms with Gasteiger partial charge in [-0.05, 0) is 137 Å². The van der Waals surface area contributed by atoms with Crippen LogP contribution in [0.1, 0.15) is 155 Å². The van der Waals surface area contributed by atoms with Crippen molar-refractivity contribution in [2.75, 3.05) is 26.4 Å². The van der Waals surface area contributed by atoms with Gasteiger partial charge in [-0.25, -0.2) is 19.6 Å². The molecule has 0 atom stereocenters. The minimum atomic E-state index is -0.653. The molecule has 4 fully saturated rings. The molecule has 262 valence electrons. The molecule has 4 aliphatic carbocycles. The van der Waals surface area contributed by atoms with Crippen molar-refractivity contribution in [2.24, 2.45) is 35.5 Å². The molecule has 0 aromatic rings. The highest BCUT2D eigenvalue weighted by atomic mass is 17.2. The average Bonchev–Trinajstić information content (AvgIpc) is 3.09. The number of aliphatic hydroxyl groups excluding tert-OH is 2. The first-order chi connectivity index (χ1) is 22.5. The highest BCUT2D eigenvalue weighted by Crippen LogP contribution is 2.45. The Morgan fingerprint density at radius 1 is 0.522 bits per heavy atom. The van der Waals surface area contributed by atoms with E-state index in [0.29, 0.717) is 26.1 Å². The van der Waals surface area contributed by atoms with Gasteiger partial charge in [0.25, 0.3) is 0 Å². The quantitative estimate of drug-likeness (QED) is 0.0759. The Hall–Kier alpha value is -1.12. The first kappa shape index (κ1) is 37.7. The van der Waals surface area contributed by atoms with Crippen LogP contribution in [0, 0.1) is 59.2 Å². The van der Waals surface area contributed by atoms with Crippen LogP contribution in [-0.2, 0) is 19.6 Å². The summed E-state index contributed by atoms with van der Waals surface area (Å²) in [7, 11) is 0. The lowest BCUT2D eigenvalue weighted by Crippen LogP contribution is -2.38. The molecule has 4 saturated carbocycles. The van der Waals surface area contributed by atoms with E-state index < -0.39 is 11.2 Å². The lowest BCUT2D eigenvalue weighted by atomic mass is 9.67. The molecule has 2 N–H and O–H groups in total. The number of hydrogen-bond donors (Lipinski definition) is 2. The Labute approximate surface area is 281 Å². The molecule has 6 heteroatoms.